The minimum absolute atomic E-state index is 0.134. The molecule has 0 radical (unpaired) electrons. The summed E-state index contributed by atoms with van der Waals surface area (Å²) in [5, 5.41) is 13.7. The molecule has 1 saturated heterocycles. The lowest BCUT2D eigenvalue weighted by molar-refractivity contribution is 0.141. The van der Waals surface area contributed by atoms with E-state index in [9.17, 15) is 4.79 Å². The van der Waals surface area contributed by atoms with E-state index in [1.54, 1.807) is 18.9 Å². The van der Waals surface area contributed by atoms with Gasteiger partial charge in [0.05, 0.1) is 20.8 Å². The Morgan fingerprint density at radius 1 is 1.09 bits per heavy atom. The molecule has 0 saturated carbocycles. The molecule has 9 heteroatoms. The van der Waals surface area contributed by atoms with Crippen molar-refractivity contribution in [1.82, 2.24) is 30.1 Å². The minimum Gasteiger partial charge on any atom is -0.497 e. The van der Waals surface area contributed by atoms with Gasteiger partial charge in [-0.25, -0.2) is 4.68 Å². The fourth-order valence-electron chi connectivity index (χ4n) is 4.91. The molecule has 1 aliphatic rings. The van der Waals surface area contributed by atoms with Crippen molar-refractivity contribution in [2.24, 2.45) is 5.92 Å². The average molecular weight is 475 g/mol. The monoisotopic (exact) mass is 474 g/mol. The molecule has 4 aromatic rings. The minimum atomic E-state index is -0.370. The van der Waals surface area contributed by atoms with Gasteiger partial charge in [0.25, 0.3) is 5.56 Å². The zero-order chi connectivity index (χ0) is 24.4. The third kappa shape index (κ3) is 4.77. The summed E-state index contributed by atoms with van der Waals surface area (Å²) in [5.74, 6) is 2.71. The third-order valence-corrected chi connectivity index (χ3v) is 6.72. The summed E-state index contributed by atoms with van der Waals surface area (Å²) >= 11 is 0. The Labute approximate surface area is 203 Å². The molecule has 182 valence electrons. The lowest BCUT2D eigenvalue weighted by Crippen LogP contribution is -2.41. The predicted octanol–water partition coefficient (Wildman–Crippen LogP) is 3.40. The Balaban J connectivity index is 1.59. The standard InChI is InChI=1S/C26H30N6O3/c1-17-5-4-12-31(15-17)24(22-14-19-13-21(35-3)10-11-23(19)27-26(22)33)25-28-29-30-32(25)16-18-6-8-20(34-2)9-7-18/h6-11,13-14,17,24H,4-5,12,15-16H2,1-3H3,(H,27,33)/t17-,24+/m1/s1. The molecule has 1 fully saturated rings. The van der Waals surface area contributed by atoms with Crippen LogP contribution in [0.2, 0.25) is 0 Å². The average Bonchev–Trinajstić information content (AvgIpc) is 3.32. The first kappa shape index (κ1) is 23.0. The highest BCUT2D eigenvalue weighted by Gasteiger charge is 2.32. The van der Waals surface area contributed by atoms with E-state index < -0.39 is 0 Å². The fourth-order valence-corrected chi connectivity index (χ4v) is 4.91. The first-order valence-corrected chi connectivity index (χ1v) is 11.9. The van der Waals surface area contributed by atoms with Crippen molar-refractivity contribution in [1.29, 1.82) is 0 Å². The van der Waals surface area contributed by atoms with Gasteiger partial charge in [0.2, 0.25) is 0 Å². The van der Waals surface area contributed by atoms with E-state index in [0.29, 0.717) is 23.9 Å². The summed E-state index contributed by atoms with van der Waals surface area (Å²) < 4.78 is 12.5. The number of ether oxygens (including phenoxy) is 2. The number of tetrazole rings is 1. The lowest BCUT2D eigenvalue weighted by Gasteiger charge is -2.36. The molecule has 1 aliphatic heterocycles. The topological polar surface area (TPSA) is 98.2 Å². The summed E-state index contributed by atoms with van der Waals surface area (Å²) in [4.78, 5) is 18.8. The number of benzene rings is 2. The Morgan fingerprint density at radius 2 is 1.86 bits per heavy atom. The third-order valence-electron chi connectivity index (χ3n) is 6.72. The fraction of sp³-hybridized carbons (Fsp3) is 0.385. The van der Waals surface area contributed by atoms with E-state index in [1.807, 2.05) is 48.5 Å². The molecule has 0 unspecified atom stereocenters. The molecule has 35 heavy (non-hydrogen) atoms. The van der Waals surface area contributed by atoms with Crippen LogP contribution in [0.15, 0.2) is 53.3 Å². The number of hydrogen-bond acceptors (Lipinski definition) is 7. The van der Waals surface area contributed by atoms with Crippen LogP contribution in [0.4, 0.5) is 0 Å². The van der Waals surface area contributed by atoms with Crippen LogP contribution in [-0.2, 0) is 6.54 Å². The van der Waals surface area contributed by atoms with Gasteiger partial charge in [-0.1, -0.05) is 19.1 Å². The van der Waals surface area contributed by atoms with E-state index in [1.165, 1.54) is 6.42 Å². The number of nitrogens with zero attached hydrogens (tertiary/aromatic N) is 5. The highest BCUT2D eigenvalue weighted by atomic mass is 16.5. The number of nitrogens with one attached hydrogen (secondary N) is 1. The smallest absolute Gasteiger partial charge is 0.253 e. The number of aromatic nitrogens is 5. The molecule has 2 aromatic heterocycles. The maximum atomic E-state index is 13.4. The summed E-state index contributed by atoms with van der Waals surface area (Å²) in [7, 11) is 3.29. The van der Waals surface area contributed by atoms with Crippen LogP contribution in [0.5, 0.6) is 11.5 Å². The number of rotatable bonds is 7. The van der Waals surface area contributed by atoms with Crippen molar-refractivity contribution in [3.63, 3.8) is 0 Å². The maximum absolute atomic E-state index is 13.4. The quantitative estimate of drug-likeness (QED) is 0.438. The van der Waals surface area contributed by atoms with Crippen LogP contribution in [0.25, 0.3) is 10.9 Å². The molecule has 1 N–H and O–H groups in total. The second-order valence-electron chi connectivity index (χ2n) is 9.19. The maximum Gasteiger partial charge on any atom is 0.253 e. The summed E-state index contributed by atoms with van der Waals surface area (Å²) in [6, 6.07) is 15.1. The van der Waals surface area contributed by atoms with E-state index >= 15 is 0 Å². The van der Waals surface area contributed by atoms with Gasteiger partial charge in [0, 0.05) is 23.0 Å². The van der Waals surface area contributed by atoms with E-state index in [-0.39, 0.29) is 11.6 Å². The Morgan fingerprint density at radius 3 is 2.60 bits per heavy atom. The van der Waals surface area contributed by atoms with Crippen molar-refractivity contribution in [2.75, 3.05) is 27.3 Å². The number of hydrogen-bond donors (Lipinski definition) is 1. The summed E-state index contributed by atoms with van der Waals surface area (Å²) in [6.07, 6.45) is 2.24. The van der Waals surface area contributed by atoms with E-state index in [4.69, 9.17) is 9.47 Å². The number of piperidine rings is 1. The van der Waals surface area contributed by atoms with Gasteiger partial charge in [-0.2, -0.15) is 0 Å². The van der Waals surface area contributed by atoms with Crippen molar-refractivity contribution >= 4 is 10.9 Å². The van der Waals surface area contributed by atoms with Crippen molar-refractivity contribution in [3.8, 4) is 11.5 Å². The number of likely N-dealkylation sites (tertiary alicyclic amines) is 1. The highest BCUT2D eigenvalue weighted by molar-refractivity contribution is 5.80. The molecule has 2 aromatic carbocycles. The van der Waals surface area contributed by atoms with Gasteiger partial charge in [0.1, 0.15) is 17.5 Å². The highest BCUT2D eigenvalue weighted by Crippen LogP contribution is 2.31. The van der Waals surface area contributed by atoms with Gasteiger partial charge in [-0.15, -0.1) is 5.10 Å². The zero-order valence-corrected chi connectivity index (χ0v) is 20.3. The largest absolute Gasteiger partial charge is 0.497 e. The second-order valence-corrected chi connectivity index (χ2v) is 9.19. The van der Waals surface area contributed by atoms with Crippen LogP contribution in [0.3, 0.4) is 0 Å². The van der Waals surface area contributed by atoms with Crippen molar-refractivity contribution in [3.05, 3.63) is 75.8 Å². The normalized spacial score (nSPS) is 17.4. The molecular weight excluding hydrogens is 444 g/mol. The van der Waals surface area contributed by atoms with Crippen LogP contribution >= 0.6 is 0 Å². The molecule has 0 amide bonds. The van der Waals surface area contributed by atoms with Crippen LogP contribution < -0.4 is 15.0 Å². The first-order valence-electron chi connectivity index (χ1n) is 11.9. The molecule has 2 atom stereocenters. The van der Waals surface area contributed by atoms with Gasteiger partial charge >= 0.3 is 0 Å². The van der Waals surface area contributed by atoms with E-state index in [0.717, 1.165) is 47.5 Å². The summed E-state index contributed by atoms with van der Waals surface area (Å²) in [6.45, 7) is 4.49. The number of H-pyrrole nitrogens is 1. The predicted molar refractivity (Wildman–Crippen MR) is 133 cm³/mol. The SMILES string of the molecule is COc1ccc(Cn2nnnc2[C@H](c2cc3cc(OC)ccc3[nH]c2=O)N2CCC[C@@H](C)C2)cc1. The molecule has 0 spiro atoms. The van der Waals surface area contributed by atoms with E-state index in [2.05, 4.69) is 32.3 Å². The molecule has 0 aliphatic carbocycles. The van der Waals surface area contributed by atoms with Gasteiger partial charge in [-0.05, 0) is 77.7 Å². The van der Waals surface area contributed by atoms with Crippen LogP contribution in [0, 0.1) is 5.92 Å². The number of methoxy groups -OCH3 is 2. The number of aromatic amines is 1. The molecular formula is C26H30N6O3. The molecule has 0 bridgehead atoms. The van der Waals surface area contributed by atoms with Crippen LogP contribution in [-0.4, -0.2) is 57.4 Å². The van der Waals surface area contributed by atoms with Gasteiger partial charge < -0.3 is 14.5 Å². The number of pyridine rings is 1. The molecule has 5 rings (SSSR count). The first-order chi connectivity index (χ1) is 17.1. The number of fused-ring (bicyclic) bond motifs is 1. The van der Waals surface area contributed by atoms with Crippen molar-refractivity contribution in [2.45, 2.75) is 32.4 Å². The van der Waals surface area contributed by atoms with Crippen LogP contribution in [0.1, 0.15) is 42.8 Å². The van der Waals surface area contributed by atoms with Crippen molar-refractivity contribution < 1.29 is 9.47 Å². The van der Waals surface area contributed by atoms with Gasteiger partial charge in [0.15, 0.2) is 5.82 Å². The van der Waals surface area contributed by atoms with Gasteiger partial charge in [-0.3, -0.25) is 9.69 Å². The summed E-state index contributed by atoms with van der Waals surface area (Å²) in [5.41, 5.74) is 2.31. The Bertz CT molecular complexity index is 1360. The second kappa shape index (κ2) is 9.87. The molecule has 3 heterocycles. The lowest BCUT2D eigenvalue weighted by atomic mass is 9.95. The molecule has 9 nitrogen and oxygen atoms in total. The Kier molecular flexibility index (Phi) is 6.50. The zero-order valence-electron chi connectivity index (χ0n) is 20.3. The Hall–Kier alpha value is -3.72.